The number of rotatable bonds is 9. The van der Waals surface area contributed by atoms with Crippen molar-refractivity contribution in [3.05, 3.63) is 66.2 Å². The second kappa shape index (κ2) is 14.2. The van der Waals surface area contributed by atoms with Crippen molar-refractivity contribution < 1.29 is 29.3 Å². The number of hydrogen-bond donors (Lipinski definition) is 2. The molecule has 0 aliphatic carbocycles. The molecule has 0 amide bonds. The molecule has 1 fully saturated rings. The monoisotopic (exact) mass is 429 g/mol. The minimum atomic E-state index is -1.82. The summed E-state index contributed by atoms with van der Waals surface area (Å²) >= 11 is 0. The minimum Gasteiger partial charge on any atom is -0.491 e. The number of nitrogens with zero attached hydrogens (tertiary/aromatic N) is 1. The van der Waals surface area contributed by atoms with Crippen LogP contribution in [0.25, 0.3) is 0 Å². The molecule has 1 aliphatic rings. The van der Waals surface area contributed by atoms with Gasteiger partial charge in [-0.3, -0.25) is 0 Å². The Morgan fingerprint density at radius 1 is 0.839 bits per heavy atom. The van der Waals surface area contributed by atoms with Crippen LogP contribution in [0.1, 0.15) is 18.4 Å². The summed E-state index contributed by atoms with van der Waals surface area (Å²) in [5, 5.41) is 14.8. The van der Waals surface area contributed by atoms with E-state index in [1.807, 2.05) is 30.3 Å². The van der Waals surface area contributed by atoms with Gasteiger partial charge in [0.25, 0.3) is 0 Å². The van der Waals surface area contributed by atoms with E-state index in [1.165, 1.54) is 37.9 Å². The first-order valence-electron chi connectivity index (χ1n) is 10.5. The minimum absolute atomic E-state index is 0.614. The van der Waals surface area contributed by atoms with Crippen molar-refractivity contribution in [3.63, 3.8) is 0 Å². The molecule has 3 rings (SSSR count). The lowest BCUT2D eigenvalue weighted by Gasteiger charge is -2.31. The molecule has 2 aromatic rings. The average Bonchev–Trinajstić information content (AvgIpc) is 2.79. The highest BCUT2D eigenvalue weighted by molar-refractivity contribution is 6.27. The topological polar surface area (TPSA) is 96.3 Å². The van der Waals surface area contributed by atoms with Crippen molar-refractivity contribution in [2.45, 2.75) is 19.3 Å². The molecule has 0 aromatic heterocycles. The molecule has 7 heteroatoms. The lowest BCUT2D eigenvalue weighted by molar-refractivity contribution is -0.159. The van der Waals surface area contributed by atoms with Crippen LogP contribution in [-0.4, -0.2) is 66.5 Å². The number of para-hydroxylation sites is 1. The maximum absolute atomic E-state index is 9.10. The highest BCUT2D eigenvalue weighted by Crippen LogP contribution is 2.21. The fourth-order valence-corrected chi connectivity index (χ4v) is 3.39. The van der Waals surface area contributed by atoms with E-state index in [4.69, 9.17) is 29.3 Å². The van der Waals surface area contributed by atoms with Crippen LogP contribution in [0.2, 0.25) is 0 Å². The smallest absolute Gasteiger partial charge is 0.414 e. The molecule has 1 saturated heterocycles. The van der Waals surface area contributed by atoms with Gasteiger partial charge in [-0.1, -0.05) is 48.5 Å². The molecule has 2 aromatic carbocycles. The lowest BCUT2D eigenvalue weighted by atomic mass is 9.90. The standard InChI is InChI=1S/C22H29NO2.C2H2O4/c1-3-7-20(8-4-1)19-21-11-13-23(14-12-21)15-16-24-17-18-25-22-9-5-2-6-10-22;3-1(4)2(5)6/h1-10,21H,11-19H2;(H,3,4)(H,5,6). The first kappa shape index (κ1) is 24.4. The number of ether oxygens (including phenoxy) is 2. The van der Waals surface area contributed by atoms with Gasteiger partial charge in [0.15, 0.2) is 0 Å². The number of carbonyl (C=O) groups is 2. The van der Waals surface area contributed by atoms with E-state index < -0.39 is 11.9 Å². The van der Waals surface area contributed by atoms with E-state index in [1.54, 1.807) is 0 Å². The highest BCUT2D eigenvalue weighted by atomic mass is 16.5. The number of carboxylic acids is 2. The first-order chi connectivity index (χ1) is 15.0. The molecule has 168 valence electrons. The van der Waals surface area contributed by atoms with Crippen LogP contribution in [0.3, 0.4) is 0 Å². The van der Waals surface area contributed by atoms with Crippen molar-refractivity contribution in [2.24, 2.45) is 5.92 Å². The fraction of sp³-hybridized carbons (Fsp3) is 0.417. The SMILES string of the molecule is O=C(O)C(=O)O.c1ccc(CC2CCN(CCOCCOc3ccccc3)CC2)cc1. The number of likely N-dealkylation sites (tertiary alicyclic amines) is 1. The van der Waals surface area contributed by atoms with Gasteiger partial charge in [-0.05, 0) is 56.0 Å². The summed E-state index contributed by atoms with van der Waals surface area (Å²) in [5.74, 6) is -1.91. The second-order valence-corrected chi connectivity index (χ2v) is 7.36. The molecular weight excluding hydrogens is 398 g/mol. The van der Waals surface area contributed by atoms with Gasteiger partial charge in [-0.15, -0.1) is 0 Å². The normalized spacial score (nSPS) is 14.3. The van der Waals surface area contributed by atoms with Crippen molar-refractivity contribution in [2.75, 3.05) is 39.5 Å². The number of piperidine rings is 1. The van der Waals surface area contributed by atoms with Gasteiger partial charge < -0.3 is 24.6 Å². The highest BCUT2D eigenvalue weighted by Gasteiger charge is 2.19. The van der Waals surface area contributed by atoms with Gasteiger partial charge in [0.1, 0.15) is 12.4 Å². The van der Waals surface area contributed by atoms with E-state index in [-0.39, 0.29) is 0 Å². The lowest BCUT2D eigenvalue weighted by Crippen LogP contribution is -2.36. The Bertz CT molecular complexity index is 748. The van der Waals surface area contributed by atoms with E-state index in [0.717, 1.165) is 24.8 Å². The summed E-state index contributed by atoms with van der Waals surface area (Å²) in [6.45, 7) is 5.48. The fourth-order valence-electron chi connectivity index (χ4n) is 3.39. The van der Waals surface area contributed by atoms with Crippen LogP contribution in [0, 0.1) is 5.92 Å². The molecule has 1 heterocycles. The Morgan fingerprint density at radius 3 is 2.00 bits per heavy atom. The summed E-state index contributed by atoms with van der Waals surface area (Å²) < 4.78 is 11.3. The zero-order valence-electron chi connectivity index (χ0n) is 17.7. The van der Waals surface area contributed by atoms with Gasteiger partial charge in [-0.25, -0.2) is 9.59 Å². The van der Waals surface area contributed by atoms with Crippen LogP contribution < -0.4 is 4.74 Å². The van der Waals surface area contributed by atoms with Gasteiger partial charge in [0, 0.05) is 6.54 Å². The van der Waals surface area contributed by atoms with Gasteiger partial charge in [-0.2, -0.15) is 0 Å². The quantitative estimate of drug-likeness (QED) is 0.467. The van der Waals surface area contributed by atoms with Crippen LogP contribution in [0.5, 0.6) is 5.75 Å². The van der Waals surface area contributed by atoms with E-state index in [2.05, 4.69) is 35.2 Å². The summed E-state index contributed by atoms with van der Waals surface area (Å²) in [5.41, 5.74) is 1.47. The number of hydrogen-bond acceptors (Lipinski definition) is 5. The Balaban J connectivity index is 0.000000501. The molecule has 0 radical (unpaired) electrons. The molecule has 1 aliphatic heterocycles. The Kier molecular flexibility index (Phi) is 11.1. The van der Waals surface area contributed by atoms with Crippen molar-refractivity contribution in [3.8, 4) is 5.75 Å². The Hall–Kier alpha value is -2.90. The maximum atomic E-state index is 9.10. The average molecular weight is 430 g/mol. The first-order valence-corrected chi connectivity index (χ1v) is 10.5. The van der Waals surface area contributed by atoms with Crippen LogP contribution in [0.15, 0.2) is 60.7 Å². The summed E-state index contributed by atoms with van der Waals surface area (Å²) in [6.07, 6.45) is 3.82. The third kappa shape index (κ3) is 10.6. The Morgan fingerprint density at radius 2 is 1.42 bits per heavy atom. The van der Waals surface area contributed by atoms with Crippen LogP contribution in [0.4, 0.5) is 0 Å². The van der Waals surface area contributed by atoms with Crippen LogP contribution >= 0.6 is 0 Å². The number of benzene rings is 2. The third-order valence-electron chi connectivity index (χ3n) is 5.05. The van der Waals surface area contributed by atoms with E-state index >= 15 is 0 Å². The molecule has 0 unspecified atom stereocenters. The van der Waals surface area contributed by atoms with Gasteiger partial charge >= 0.3 is 11.9 Å². The van der Waals surface area contributed by atoms with Crippen LogP contribution in [-0.2, 0) is 20.7 Å². The number of aliphatic carboxylic acids is 2. The predicted molar refractivity (Wildman–Crippen MR) is 117 cm³/mol. The Labute approximate surface area is 183 Å². The predicted octanol–water partition coefficient (Wildman–Crippen LogP) is 3.19. The molecule has 0 saturated carbocycles. The summed E-state index contributed by atoms with van der Waals surface area (Å²) in [6, 6.07) is 20.8. The molecule has 0 atom stereocenters. The summed E-state index contributed by atoms with van der Waals surface area (Å²) in [4.78, 5) is 20.7. The van der Waals surface area contributed by atoms with Gasteiger partial charge in [0.2, 0.25) is 0 Å². The molecule has 31 heavy (non-hydrogen) atoms. The third-order valence-corrected chi connectivity index (χ3v) is 5.05. The maximum Gasteiger partial charge on any atom is 0.414 e. The molecule has 0 bridgehead atoms. The number of carboxylic acid groups (broad SMARTS) is 2. The zero-order chi connectivity index (χ0) is 22.3. The molecule has 7 nitrogen and oxygen atoms in total. The summed E-state index contributed by atoms with van der Waals surface area (Å²) in [7, 11) is 0. The zero-order valence-corrected chi connectivity index (χ0v) is 17.7. The van der Waals surface area contributed by atoms with E-state index in [0.29, 0.717) is 13.2 Å². The molecular formula is C24H31NO6. The largest absolute Gasteiger partial charge is 0.491 e. The van der Waals surface area contributed by atoms with E-state index in [9.17, 15) is 0 Å². The van der Waals surface area contributed by atoms with Crippen molar-refractivity contribution in [1.29, 1.82) is 0 Å². The molecule has 0 spiro atoms. The van der Waals surface area contributed by atoms with Crippen molar-refractivity contribution in [1.82, 2.24) is 4.90 Å². The van der Waals surface area contributed by atoms with Gasteiger partial charge in [0.05, 0.1) is 13.2 Å². The van der Waals surface area contributed by atoms with Crippen molar-refractivity contribution >= 4 is 11.9 Å². The second-order valence-electron chi connectivity index (χ2n) is 7.36. The molecule has 2 N–H and O–H groups in total.